The molecule has 3 N–H and O–H groups in total. The van der Waals surface area contributed by atoms with Crippen LogP contribution in [0.25, 0.3) is 0 Å². The van der Waals surface area contributed by atoms with Crippen LogP contribution in [0.1, 0.15) is 51.7 Å². The zero-order valence-corrected chi connectivity index (χ0v) is 17.6. The van der Waals surface area contributed by atoms with Crippen LogP contribution in [-0.2, 0) is 10.3 Å². The first-order valence-corrected chi connectivity index (χ1v) is 9.02. The molecule has 2 rings (SSSR count). The van der Waals surface area contributed by atoms with E-state index in [0.717, 1.165) is 26.1 Å². The lowest BCUT2D eigenvalue weighted by molar-refractivity contribution is 0.0436. The minimum absolute atomic E-state index is 0. The van der Waals surface area contributed by atoms with Crippen LogP contribution in [0.3, 0.4) is 0 Å². The van der Waals surface area contributed by atoms with E-state index in [1.807, 2.05) is 6.92 Å². The second kappa shape index (κ2) is 11.7. The van der Waals surface area contributed by atoms with Gasteiger partial charge in [0.1, 0.15) is 11.4 Å². The number of nitrogens with zero attached hydrogens (tertiary/aromatic N) is 1. The van der Waals surface area contributed by atoms with Gasteiger partial charge in [-0.2, -0.15) is 0 Å². The Morgan fingerprint density at radius 2 is 2.16 bits per heavy atom. The molecule has 1 heterocycles. The molecule has 0 bridgehead atoms. The lowest BCUT2D eigenvalue weighted by Crippen LogP contribution is -2.39. The van der Waals surface area contributed by atoms with Crippen LogP contribution in [0.2, 0.25) is 0 Å². The molecule has 1 fully saturated rings. The molecule has 7 heteroatoms. The fourth-order valence-corrected chi connectivity index (χ4v) is 2.82. The standard InChI is InChI=1S/C18H31N3O3.HI/c1-3-19-17(20-11-7-13-23-15-8-4-5-9-15)21-14-18(2,22)16-10-6-12-24-16;/h6,10,12,15,22H,3-5,7-9,11,13-14H2,1-2H3,(H2,19,20,21);1H. The lowest BCUT2D eigenvalue weighted by atomic mass is 10.0. The van der Waals surface area contributed by atoms with Crippen molar-refractivity contribution in [2.45, 2.75) is 57.7 Å². The van der Waals surface area contributed by atoms with Gasteiger partial charge in [0.25, 0.3) is 0 Å². The van der Waals surface area contributed by atoms with Gasteiger partial charge in [0.15, 0.2) is 5.96 Å². The van der Waals surface area contributed by atoms with Crippen LogP contribution in [0.4, 0.5) is 0 Å². The molecular formula is C18H32IN3O3. The molecule has 1 aliphatic carbocycles. The summed E-state index contributed by atoms with van der Waals surface area (Å²) < 4.78 is 11.1. The van der Waals surface area contributed by atoms with Crippen LogP contribution in [0.15, 0.2) is 27.8 Å². The first-order chi connectivity index (χ1) is 11.6. The maximum absolute atomic E-state index is 10.4. The Morgan fingerprint density at radius 3 is 2.80 bits per heavy atom. The SMILES string of the molecule is CCNC(=NCC(C)(O)c1ccco1)NCCCOC1CCCC1.I. The van der Waals surface area contributed by atoms with Gasteiger partial charge < -0.3 is 24.9 Å². The summed E-state index contributed by atoms with van der Waals surface area (Å²) in [5.41, 5.74) is -1.11. The third-order valence-electron chi connectivity index (χ3n) is 4.21. The first-order valence-electron chi connectivity index (χ1n) is 9.02. The Morgan fingerprint density at radius 1 is 1.40 bits per heavy atom. The van der Waals surface area contributed by atoms with Crippen molar-refractivity contribution in [3.8, 4) is 0 Å². The summed E-state index contributed by atoms with van der Waals surface area (Å²) >= 11 is 0. The van der Waals surface area contributed by atoms with E-state index < -0.39 is 5.60 Å². The van der Waals surface area contributed by atoms with E-state index in [1.165, 1.54) is 25.7 Å². The molecule has 144 valence electrons. The van der Waals surface area contributed by atoms with Gasteiger partial charge in [-0.05, 0) is 45.2 Å². The molecule has 0 amide bonds. The van der Waals surface area contributed by atoms with Crippen molar-refractivity contribution >= 4 is 29.9 Å². The highest BCUT2D eigenvalue weighted by molar-refractivity contribution is 14.0. The van der Waals surface area contributed by atoms with E-state index in [2.05, 4.69) is 15.6 Å². The minimum atomic E-state index is -1.11. The highest BCUT2D eigenvalue weighted by atomic mass is 127. The maximum Gasteiger partial charge on any atom is 0.191 e. The van der Waals surface area contributed by atoms with Gasteiger partial charge in [-0.25, -0.2) is 4.99 Å². The van der Waals surface area contributed by atoms with Crippen LogP contribution in [-0.4, -0.2) is 43.4 Å². The number of aliphatic imine (C=N–C) groups is 1. The molecule has 1 aliphatic rings. The molecule has 1 unspecified atom stereocenters. The predicted molar refractivity (Wildman–Crippen MR) is 111 cm³/mol. The summed E-state index contributed by atoms with van der Waals surface area (Å²) in [4.78, 5) is 4.46. The molecule has 25 heavy (non-hydrogen) atoms. The number of guanidine groups is 1. The molecule has 1 saturated carbocycles. The van der Waals surface area contributed by atoms with Gasteiger partial charge in [0.2, 0.25) is 0 Å². The number of rotatable bonds is 9. The fourth-order valence-electron chi connectivity index (χ4n) is 2.82. The van der Waals surface area contributed by atoms with E-state index in [0.29, 0.717) is 17.8 Å². The highest BCUT2D eigenvalue weighted by Gasteiger charge is 2.26. The first kappa shape index (κ1) is 22.2. The lowest BCUT2D eigenvalue weighted by Gasteiger charge is -2.19. The third-order valence-corrected chi connectivity index (χ3v) is 4.21. The van der Waals surface area contributed by atoms with Crippen molar-refractivity contribution in [1.82, 2.24) is 10.6 Å². The molecule has 0 aromatic carbocycles. The maximum atomic E-state index is 10.4. The third kappa shape index (κ3) is 7.96. The monoisotopic (exact) mass is 465 g/mol. The van der Waals surface area contributed by atoms with E-state index in [9.17, 15) is 5.11 Å². The van der Waals surface area contributed by atoms with Crippen molar-refractivity contribution < 1.29 is 14.3 Å². The summed E-state index contributed by atoms with van der Waals surface area (Å²) in [5.74, 6) is 1.22. The van der Waals surface area contributed by atoms with E-state index >= 15 is 0 Å². The van der Waals surface area contributed by atoms with Crippen molar-refractivity contribution in [3.63, 3.8) is 0 Å². The zero-order chi connectivity index (χ0) is 17.3. The molecule has 0 aliphatic heterocycles. The van der Waals surface area contributed by atoms with Crippen molar-refractivity contribution in [3.05, 3.63) is 24.2 Å². The summed E-state index contributed by atoms with van der Waals surface area (Å²) in [6.07, 6.45) is 7.98. The van der Waals surface area contributed by atoms with Gasteiger partial charge in [-0.1, -0.05) is 12.8 Å². The van der Waals surface area contributed by atoms with Crippen molar-refractivity contribution in [2.24, 2.45) is 4.99 Å². The van der Waals surface area contributed by atoms with Crippen LogP contribution in [0, 0.1) is 0 Å². The molecule has 6 nitrogen and oxygen atoms in total. The van der Waals surface area contributed by atoms with Crippen LogP contribution >= 0.6 is 24.0 Å². The topological polar surface area (TPSA) is 79.0 Å². The fraction of sp³-hybridized carbons (Fsp3) is 0.722. The van der Waals surface area contributed by atoms with Gasteiger partial charge >= 0.3 is 0 Å². The van der Waals surface area contributed by atoms with Gasteiger partial charge in [0, 0.05) is 19.7 Å². The molecule has 1 aromatic heterocycles. The molecule has 1 atom stereocenters. The Hall–Kier alpha value is -0.800. The molecule has 1 aromatic rings. The number of hydrogen-bond donors (Lipinski definition) is 3. The van der Waals surface area contributed by atoms with Crippen LogP contribution < -0.4 is 10.6 Å². The quantitative estimate of drug-likeness (QED) is 0.226. The summed E-state index contributed by atoms with van der Waals surface area (Å²) in [5, 5.41) is 16.9. The minimum Gasteiger partial charge on any atom is -0.466 e. The number of furan rings is 1. The van der Waals surface area contributed by atoms with Gasteiger partial charge in [-0.3, -0.25) is 0 Å². The Labute approximate surface area is 167 Å². The zero-order valence-electron chi connectivity index (χ0n) is 15.3. The molecule has 0 saturated heterocycles. The highest BCUT2D eigenvalue weighted by Crippen LogP contribution is 2.21. The van der Waals surface area contributed by atoms with E-state index in [1.54, 1.807) is 25.3 Å². The molecule has 0 spiro atoms. The Kier molecular flexibility index (Phi) is 10.4. The average molecular weight is 465 g/mol. The van der Waals surface area contributed by atoms with Crippen LogP contribution in [0.5, 0.6) is 0 Å². The summed E-state index contributed by atoms with van der Waals surface area (Å²) in [7, 11) is 0. The average Bonchev–Trinajstić information content (AvgIpc) is 3.25. The largest absolute Gasteiger partial charge is 0.466 e. The normalized spacial score (nSPS) is 17.8. The second-order valence-electron chi connectivity index (χ2n) is 6.50. The van der Waals surface area contributed by atoms with Gasteiger partial charge in [0.05, 0.1) is 18.9 Å². The summed E-state index contributed by atoms with van der Waals surface area (Å²) in [6, 6.07) is 3.53. The molecular weight excluding hydrogens is 433 g/mol. The number of aliphatic hydroxyl groups is 1. The number of hydrogen-bond acceptors (Lipinski definition) is 4. The van der Waals surface area contributed by atoms with Crippen molar-refractivity contribution in [1.29, 1.82) is 0 Å². The number of halogens is 1. The van der Waals surface area contributed by atoms with Crippen molar-refractivity contribution in [2.75, 3.05) is 26.2 Å². The smallest absolute Gasteiger partial charge is 0.191 e. The summed E-state index contributed by atoms with van der Waals surface area (Å²) in [6.45, 7) is 6.30. The predicted octanol–water partition coefficient (Wildman–Crippen LogP) is 3.01. The molecule has 0 radical (unpaired) electrons. The van der Waals surface area contributed by atoms with E-state index in [4.69, 9.17) is 9.15 Å². The number of ether oxygens (including phenoxy) is 1. The van der Waals surface area contributed by atoms with E-state index in [-0.39, 0.29) is 30.5 Å². The second-order valence-corrected chi connectivity index (χ2v) is 6.50. The Bertz CT molecular complexity index is 486. The number of nitrogens with one attached hydrogen (secondary N) is 2. The van der Waals surface area contributed by atoms with Gasteiger partial charge in [-0.15, -0.1) is 24.0 Å². The Balaban J connectivity index is 0.00000312.